The van der Waals surface area contributed by atoms with E-state index in [1.54, 1.807) is 32.4 Å². The molecule has 1 N–H and O–H groups in total. The van der Waals surface area contributed by atoms with Crippen molar-refractivity contribution < 1.29 is 14.3 Å². The van der Waals surface area contributed by atoms with Crippen LogP contribution in [0.2, 0.25) is 0 Å². The average molecular weight is 294 g/mol. The summed E-state index contributed by atoms with van der Waals surface area (Å²) < 4.78 is 10.3. The van der Waals surface area contributed by atoms with Crippen molar-refractivity contribution in [1.29, 1.82) is 5.26 Å². The van der Waals surface area contributed by atoms with Crippen molar-refractivity contribution in [3.63, 3.8) is 0 Å². The number of hydrogen-bond acceptors (Lipinski definition) is 5. The SMILES string of the molecule is COc1ccc(NC(=O)CSCCCC#N)c(OC)c1. The van der Waals surface area contributed by atoms with Gasteiger partial charge in [0.1, 0.15) is 11.5 Å². The van der Waals surface area contributed by atoms with E-state index in [-0.39, 0.29) is 5.91 Å². The summed E-state index contributed by atoms with van der Waals surface area (Å²) >= 11 is 1.51. The molecule has 1 rings (SSSR count). The molecular formula is C14H18N2O3S. The molecule has 0 aromatic heterocycles. The van der Waals surface area contributed by atoms with Crippen LogP contribution in [-0.2, 0) is 4.79 Å². The number of rotatable bonds is 8. The first-order valence-electron chi connectivity index (χ1n) is 6.17. The van der Waals surface area contributed by atoms with Gasteiger partial charge in [-0.25, -0.2) is 0 Å². The third-order valence-electron chi connectivity index (χ3n) is 2.49. The van der Waals surface area contributed by atoms with Crippen LogP contribution in [0.25, 0.3) is 0 Å². The standard InChI is InChI=1S/C14H18N2O3S/c1-18-11-5-6-12(13(9-11)19-2)16-14(17)10-20-8-4-3-7-15/h5-6,9H,3-4,8,10H2,1-2H3,(H,16,17). The van der Waals surface area contributed by atoms with Crippen molar-refractivity contribution >= 4 is 23.4 Å². The van der Waals surface area contributed by atoms with Gasteiger partial charge in [0.15, 0.2) is 0 Å². The Morgan fingerprint density at radius 1 is 1.40 bits per heavy atom. The molecule has 0 atom stereocenters. The Hall–Kier alpha value is -1.87. The number of amides is 1. The van der Waals surface area contributed by atoms with E-state index in [9.17, 15) is 4.79 Å². The smallest absolute Gasteiger partial charge is 0.234 e. The highest BCUT2D eigenvalue weighted by atomic mass is 32.2. The minimum atomic E-state index is -0.0876. The Balaban J connectivity index is 2.47. The Kier molecular flexibility index (Phi) is 7.36. The van der Waals surface area contributed by atoms with Crippen molar-refractivity contribution in [1.82, 2.24) is 0 Å². The van der Waals surface area contributed by atoms with Gasteiger partial charge in [0, 0.05) is 12.5 Å². The number of carbonyl (C=O) groups is 1. The lowest BCUT2D eigenvalue weighted by Gasteiger charge is -2.11. The fraction of sp³-hybridized carbons (Fsp3) is 0.429. The van der Waals surface area contributed by atoms with Crippen LogP contribution in [0.4, 0.5) is 5.69 Å². The summed E-state index contributed by atoms with van der Waals surface area (Å²) in [7, 11) is 3.12. The van der Waals surface area contributed by atoms with Crippen LogP contribution in [0.15, 0.2) is 18.2 Å². The number of nitriles is 1. The van der Waals surface area contributed by atoms with E-state index >= 15 is 0 Å². The van der Waals surface area contributed by atoms with E-state index in [2.05, 4.69) is 11.4 Å². The van der Waals surface area contributed by atoms with Crippen LogP contribution in [0.1, 0.15) is 12.8 Å². The van der Waals surface area contributed by atoms with E-state index in [0.29, 0.717) is 29.4 Å². The van der Waals surface area contributed by atoms with E-state index in [0.717, 1.165) is 12.2 Å². The van der Waals surface area contributed by atoms with Crippen molar-refractivity contribution in [2.75, 3.05) is 31.0 Å². The highest BCUT2D eigenvalue weighted by Crippen LogP contribution is 2.29. The minimum absolute atomic E-state index is 0.0876. The first kappa shape index (κ1) is 16.2. The Morgan fingerprint density at radius 2 is 2.20 bits per heavy atom. The maximum Gasteiger partial charge on any atom is 0.234 e. The molecule has 20 heavy (non-hydrogen) atoms. The van der Waals surface area contributed by atoms with Crippen molar-refractivity contribution in [3.05, 3.63) is 18.2 Å². The van der Waals surface area contributed by atoms with E-state index in [1.165, 1.54) is 11.8 Å². The summed E-state index contributed by atoms with van der Waals surface area (Å²) in [6, 6.07) is 7.31. The maximum atomic E-state index is 11.8. The largest absolute Gasteiger partial charge is 0.497 e. The molecule has 0 aliphatic carbocycles. The number of carbonyl (C=O) groups excluding carboxylic acids is 1. The number of anilines is 1. The van der Waals surface area contributed by atoms with Gasteiger partial charge in [0.2, 0.25) is 5.91 Å². The Labute approximate surface area is 123 Å². The summed E-state index contributed by atoms with van der Waals surface area (Å²) in [6.07, 6.45) is 1.33. The number of benzene rings is 1. The molecule has 1 amide bonds. The topological polar surface area (TPSA) is 71.3 Å². The molecule has 0 saturated carbocycles. The minimum Gasteiger partial charge on any atom is -0.497 e. The zero-order valence-corrected chi connectivity index (χ0v) is 12.5. The van der Waals surface area contributed by atoms with Gasteiger partial charge in [-0.1, -0.05) is 0 Å². The van der Waals surface area contributed by atoms with Crippen molar-refractivity contribution in [3.8, 4) is 17.6 Å². The molecule has 0 saturated heterocycles. The normalized spacial score (nSPS) is 9.65. The Bertz CT molecular complexity index is 486. The van der Waals surface area contributed by atoms with Gasteiger partial charge in [-0.15, -0.1) is 0 Å². The van der Waals surface area contributed by atoms with Gasteiger partial charge in [-0.05, 0) is 24.3 Å². The molecule has 5 nitrogen and oxygen atoms in total. The Morgan fingerprint density at radius 3 is 2.85 bits per heavy atom. The fourth-order valence-corrected chi connectivity index (χ4v) is 2.26. The molecule has 0 radical (unpaired) electrons. The van der Waals surface area contributed by atoms with Gasteiger partial charge in [-0.3, -0.25) is 4.79 Å². The number of nitrogens with one attached hydrogen (secondary N) is 1. The van der Waals surface area contributed by atoms with Crippen LogP contribution in [0.3, 0.4) is 0 Å². The molecule has 1 aromatic carbocycles. The van der Waals surface area contributed by atoms with Crippen LogP contribution in [0, 0.1) is 11.3 Å². The maximum absolute atomic E-state index is 11.8. The van der Waals surface area contributed by atoms with Crippen LogP contribution in [-0.4, -0.2) is 31.6 Å². The lowest BCUT2D eigenvalue weighted by Crippen LogP contribution is -2.15. The van der Waals surface area contributed by atoms with Crippen molar-refractivity contribution in [2.24, 2.45) is 0 Å². The molecule has 108 valence electrons. The molecule has 1 aromatic rings. The number of ether oxygens (including phenoxy) is 2. The summed E-state index contributed by atoms with van der Waals surface area (Å²) in [5, 5.41) is 11.2. The quantitative estimate of drug-likeness (QED) is 0.746. The summed E-state index contributed by atoms with van der Waals surface area (Å²) in [6.45, 7) is 0. The molecule has 0 heterocycles. The predicted molar refractivity (Wildman–Crippen MR) is 80.3 cm³/mol. The number of methoxy groups -OCH3 is 2. The highest BCUT2D eigenvalue weighted by Gasteiger charge is 2.08. The van der Waals surface area contributed by atoms with Crippen molar-refractivity contribution in [2.45, 2.75) is 12.8 Å². The van der Waals surface area contributed by atoms with Gasteiger partial charge in [0.05, 0.1) is 31.7 Å². The molecule has 6 heteroatoms. The lowest BCUT2D eigenvalue weighted by molar-refractivity contribution is -0.113. The zero-order chi connectivity index (χ0) is 14.8. The van der Waals surface area contributed by atoms with Gasteiger partial charge >= 0.3 is 0 Å². The van der Waals surface area contributed by atoms with Gasteiger partial charge in [-0.2, -0.15) is 17.0 Å². The second kappa shape index (κ2) is 9.10. The molecule has 0 spiro atoms. The number of thioether (sulfide) groups is 1. The molecule has 0 fully saturated rings. The molecule has 0 unspecified atom stereocenters. The van der Waals surface area contributed by atoms with Gasteiger partial charge in [0.25, 0.3) is 0 Å². The fourth-order valence-electron chi connectivity index (χ4n) is 1.51. The molecule has 0 aliphatic heterocycles. The number of hydrogen-bond donors (Lipinski definition) is 1. The third-order valence-corrected chi connectivity index (χ3v) is 3.54. The van der Waals surface area contributed by atoms with Gasteiger partial charge < -0.3 is 14.8 Å². The monoisotopic (exact) mass is 294 g/mol. The average Bonchev–Trinajstić information content (AvgIpc) is 2.47. The third kappa shape index (κ3) is 5.41. The molecular weight excluding hydrogens is 276 g/mol. The summed E-state index contributed by atoms with van der Waals surface area (Å²) in [4.78, 5) is 11.8. The first-order chi connectivity index (χ1) is 9.71. The highest BCUT2D eigenvalue weighted by molar-refractivity contribution is 7.99. The number of nitrogens with zero attached hydrogens (tertiary/aromatic N) is 1. The van der Waals surface area contributed by atoms with E-state index in [1.807, 2.05) is 0 Å². The van der Waals surface area contributed by atoms with Crippen LogP contribution < -0.4 is 14.8 Å². The van der Waals surface area contributed by atoms with Crippen LogP contribution >= 0.6 is 11.8 Å². The van der Waals surface area contributed by atoms with E-state index in [4.69, 9.17) is 14.7 Å². The predicted octanol–water partition coefficient (Wildman–Crippen LogP) is 2.68. The molecule has 0 bridgehead atoms. The summed E-state index contributed by atoms with van der Waals surface area (Å²) in [5.41, 5.74) is 0.621. The van der Waals surface area contributed by atoms with E-state index < -0.39 is 0 Å². The second-order valence-corrected chi connectivity index (χ2v) is 5.03. The second-order valence-electron chi connectivity index (χ2n) is 3.93. The zero-order valence-electron chi connectivity index (χ0n) is 11.6. The number of unbranched alkanes of at least 4 members (excludes halogenated alkanes) is 1. The first-order valence-corrected chi connectivity index (χ1v) is 7.33. The summed E-state index contributed by atoms with van der Waals surface area (Å²) in [5.74, 6) is 2.31. The molecule has 0 aliphatic rings. The van der Waals surface area contributed by atoms with Crippen LogP contribution in [0.5, 0.6) is 11.5 Å². The lowest BCUT2D eigenvalue weighted by atomic mass is 10.2.